The summed E-state index contributed by atoms with van der Waals surface area (Å²) in [7, 11) is 1.33. The van der Waals surface area contributed by atoms with E-state index in [4.69, 9.17) is 10.5 Å². The number of nitrogen functional groups attached to an aromatic ring is 1. The molecule has 0 saturated carbocycles. The number of alkyl halides is 2. The first-order valence-electron chi connectivity index (χ1n) is 8.67. The Morgan fingerprint density at radius 3 is 2.76 bits per heavy atom. The van der Waals surface area contributed by atoms with Crippen molar-refractivity contribution in [1.29, 1.82) is 0 Å². The standard InChI is InChI=1S/C18H16F4N6O/c1-29-17-16-14(11(20)7-28(16)26-18(23)25-17)9-5-10(19)15-12(6-9)27(8-13(21)22)4-2-3-24-15/h3,5-7,13H,2,4,8H2,1H3,(H2,23,26). The first-order chi connectivity index (χ1) is 13.9. The molecule has 1 aliphatic rings. The first kappa shape index (κ1) is 19.0. The van der Waals surface area contributed by atoms with Crippen molar-refractivity contribution in [2.45, 2.75) is 12.8 Å². The second-order valence-corrected chi connectivity index (χ2v) is 6.39. The van der Waals surface area contributed by atoms with Gasteiger partial charge in [-0.25, -0.2) is 22.1 Å². The number of hydrogen-bond acceptors (Lipinski definition) is 6. The minimum atomic E-state index is -2.63. The van der Waals surface area contributed by atoms with Crippen molar-refractivity contribution in [1.82, 2.24) is 14.6 Å². The largest absolute Gasteiger partial charge is 0.479 e. The Labute approximate surface area is 162 Å². The van der Waals surface area contributed by atoms with Gasteiger partial charge in [0.1, 0.15) is 11.2 Å². The number of nitrogens with two attached hydrogens (primary N) is 1. The highest BCUT2D eigenvalue weighted by Gasteiger charge is 2.25. The molecule has 1 aliphatic heterocycles. The zero-order valence-electron chi connectivity index (χ0n) is 15.2. The summed E-state index contributed by atoms with van der Waals surface area (Å²) in [5.74, 6) is -1.63. The third-order valence-corrected chi connectivity index (χ3v) is 4.54. The van der Waals surface area contributed by atoms with Crippen molar-refractivity contribution in [3.05, 3.63) is 30.0 Å². The van der Waals surface area contributed by atoms with E-state index in [9.17, 15) is 17.6 Å². The first-order valence-corrected chi connectivity index (χ1v) is 8.67. The van der Waals surface area contributed by atoms with E-state index in [2.05, 4.69) is 15.1 Å². The lowest BCUT2D eigenvalue weighted by atomic mass is 10.0. The van der Waals surface area contributed by atoms with Gasteiger partial charge in [-0.15, -0.1) is 5.10 Å². The van der Waals surface area contributed by atoms with Gasteiger partial charge in [0.25, 0.3) is 6.43 Å². The van der Waals surface area contributed by atoms with E-state index in [-0.39, 0.29) is 46.4 Å². The zero-order chi connectivity index (χ0) is 20.7. The maximum atomic E-state index is 14.9. The maximum Gasteiger partial charge on any atom is 0.255 e. The van der Waals surface area contributed by atoms with Crippen LogP contribution in [0.4, 0.5) is 34.9 Å². The molecule has 3 heterocycles. The number of fused-ring (bicyclic) bond motifs is 2. The van der Waals surface area contributed by atoms with Crippen molar-refractivity contribution in [2.75, 3.05) is 30.8 Å². The summed E-state index contributed by atoms with van der Waals surface area (Å²) in [4.78, 5) is 9.31. The molecular formula is C18H16F4N6O. The Balaban J connectivity index is 1.96. The quantitative estimate of drug-likeness (QED) is 0.669. The van der Waals surface area contributed by atoms with Crippen LogP contribution in [0.1, 0.15) is 6.42 Å². The fourth-order valence-corrected chi connectivity index (χ4v) is 3.40. The SMILES string of the molecule is COc1nc(N)nn2cc(F)c(-c3cc(F)c4c(c3)N(CC(F)F)CCC=N4)c12. The van der Waals surface area contributed by atoms with Crippen LogP contribution in [0, 0.1) is 11.6 Å². The van der Waals surface area contributed by atoms with Crippen molar-refractivity contribution < 1.29 is 22.3 Å². The van der Waals surface area contributed by atoms with Gasteiger partial charge < -0.3 is 15.4 Å². The molecular weight excluding hydrogens is 392 g/mol. The molecule has 152 valence electrons. The van der Waals surface area contributed by atoms with Crippen molar-refractivity contribution >= 4 is 29.1 Å². The molecule has 0 aliphatic carbocycles. The predicted octanol–water partition coefficient (Wildman–Crippen LogP) is 3.44. The topological polar surface area (TPSA) is 81.0 Å². The third kappa shape index (κ3) is 3.32. The molecule has 0 spiro atoms. The van der Waals surface area contributed by atoms with Crippen molar-refractivity contribution in [2.24, 2.45) is 4.99 Å². The Kier molecular flexibility index (Phi) is 4.73. The van der Waals surface area contributed by atoms with Gasteiger partial charge in [0, 0.05) is 19.2 Å². The van der Waals surface area contributed by atoms with Gasteiger partial charge in [-0.05, 0) is 17.7 Å². The number of aliphatic imine (C=N–C) groups is 1. The van der Waals surface area contributed by atoms with Crippen LogP contribution < -0.4 is 15.4 Å². The molecule has 1 aromatic carbocycles. The molecule has 11 heteroatoms. The van der Waals surface area contributed by atoms with Crippen molar-refractivity contribution in [3.63, 3.8) is 0 Å². The predicted molar refractivity (Wildman–Crippen MR) is 100 cm³/mol. The highest BCUT2D eigenvalue weighted by atomic mass is 19.3. The smallest absolute Gasteiger partial charge is 0.255 e. The lowest BCUT2D eigenvalue weighted by Crippen LogP contribution is -2.29. The average molecular weight is 408 g/mol. The second-order valence-electron chi connectivity index (χ2n) is 6.39. The fraction of sp³-hybridized carbons (Fsp3) is 0.278. The van der Waals surface area contributed by atoms with E-state index >= 15 is 0 Å². The molecule has 0 amide bonds. The van der Waals surface area contributed by atoms with Gasteiger partial charge in [0.05, 0.1) is 31.1 Å². The summed E-state index contributed by atoms with van der Waals surface area (Å²) in [5.41, 5.74) is 5.90. The van der Waals surface area contributed by atoms with E-state index < -0.39 is 24.6 Å². The van der Waals surface area contributed by atoms with Gasteiger partial charge in [0.15, 0.2) is 11.6 Å². The van der Waals surface area contributed by atoms with E-state index in [1.165, 1.54) is 24.3 Å². The van der Waals surface area contributed by atoms with Crippen LogP contribution in [0.3, 0.4) is 0 Å². The Hall–Kier alpha value is -3.37. The molecule has 0 bridgehead atoms. The van der Waals surface area contributed by atoms with Crippen molar-refractivity contribution in [3.8, 4) is 17.0 Å². The molecule has 3 aromatic rings. The average Bonchev–Trinajstić information content (AvgIpc) is 2.85. The van der Waals surface area contributed by atoms with Crippen LogP contribution in [0.25, 0.3) is 16.6 Å². The summed E-state index contributed by atoms with van der Waals surface area (Å²) in [6, 6.07) is 2.52. The van der Waals surface area contributed by atoms with E-state index in [1.54, 1.807) is 0 Å². The Morgan fingerprint density at radius 1 is 1.24 bits per heavy atom. The van der Waals surface area contributed by atoms with E-state index in [0.29, 0.717) is 6.42 Å². The van der Waals surface area contributed by atoms with Crippen LogP contribution in [0.15, 0.2) is 23.3 Å². The molecule has 2 N–H and O–H groups in total. The van der Waals surface area contributed by atoms with E-state index in [1.807, 2.05) is 0 Å². The number of anilines is 2. The van der Waals surface area contributed by atoms with Crippen LogP contribution in [-0.4, -0.2) is 47.4 Å². The van der Waals surface area contributed by atoms with Crippen LogP contribution in [0.5, 0.6) is 5.88 Å². The number of hydrogen-bond donors (Lipinski definition) is 1. The molecule has 4 rings (SSSR count). The van der Waals surface area contributed by atoms with Gasteiger partial charge >= 0.3 is 0 Å². The normalized spacial score (nSPS) is 13.8. The van der Waals surface area contributed by atoms with Gasteiger partial charge in [-0.1, -0.05) is 0 Å². The minimum Gasteiger partial charge on any atom is -0.479 e. The summed E-state index contributed by atoms with van der Waals surface area (Å²) in [5, 5.41) is 3.91. The summed E-state index contributed by atoms with van der Waals surface area (Å²) in [6.45, 7) is -0.368. The molecule has 0 fully saturated rings. The second kappa shape index (κ2) is 7.22. The van der Waals surface area contributed by atoms with E-state index in [0.717, 1.165) is 16.8 Å². The number of methoxy groups -OCH3 is 1. The number of nitrogens with zero attached hydrogens (tertiary/aromatic N) is 5. The minimum absolute atomic E-state index is 0.00536. The third-order valence-electron chi connectivity index (χ3n) is 4.54. The van der Waals surface area contributed by atoms with Gasteiger partial charge in [-0.3, -0.25) is 4.99 Å². The van der Waals surface area contributed by atoms with Gasteiger partial charge in [0.2, 0.25) is 11.8 Å². The molecule has 29 heavy (non-hydrogen) atoms. The molecule has 0 saturated heterocycles. The Bertz CT molecular complexity index is 1110. The number of ether oxygens (including phenoxy) is 1. The lowest BCUT2D eigenvalue weighted by Gasteiger charge is -2.24. The highest BCUT2D eigenvalue weighted by Crippen LogP contribution is 2.41. The lowest BCUT2D eigenvalue weighted by molar-refractivity contribution is 0.155. The maximum absolute atomic E-state index is 14.9. The monoisotopic (exact) mass is 408 g/mol. The summed E-state index contributed by atoms with van der Waals surface area (Å²) < 4.78 is 62.1. The fourth-order valence-electron chi connectivity index (χ4n) is 3.40. The van der Waals surface area contributed by atoms with Crippen LogP contribution in [0.2, 0.25) is 0 Å². The zero-order valence-corrected chi connectivity index (χ0v) is 15.2. The Morgan fingerprint density at radius 2 is 2.03 bits per heavy atom. The molecule has 7 nitrogen and oxygen atoms in total. The van der Waals surface area contributed by atoms with Gasteiger partial charge in [-0.2, -0.15) is 4.98 Å². The number of rotatable bonds is 4. The number of benzene rings is 1. The molecule has 0 unspecified atom stereocenters. The summed E-state index contributed by atoms with van der Waals surface area (Å²) in [6.07, 6.45) is 0.280. The highest BCUT2D eigenvalue weighted by molar-refractivity contribution is 5.89. The number of aromatic nitrogens is 3. The van der Waals surface area contributed by atoms with Crippen LogP contribution in [-0.2, 0) is 0 Å². The molecule has 2 aromatic heterocycles. The number of halogens is 4. The molecule has 0 atom stereocenters. The molecule has 0 radical (unpaired) electrons. The van der Waals surface area contributed by atoms with Crippen LogP contribution >= 0.6 is 0 Å². The summed E-state index contributed by atoms with van der Waals surface area (Å²) >= 11 is 0.